The molecule has 0 aromatic heterocycles. The number of nitroso groups, excluding NO2 is 1. The number of urea groups is 1. The Morgan fingerprint density at radius 1 is 1.11 bits per heavy atom. The summed E-state index contributed by atoms with van der Waals surface area (Å²) in [7, 11) is 0. The fourth-order valence-electron chi connectivity index (χ4n) is 2.41. The molecule has 2 rings (SSSR count). The molecule has 7 nitrogen and oxygen atoms in total. The van der Waals surface area contributed by atoms with E-state index in [2.05, 4.69) is 15.9 Å². The molecular formula is C19H21ClN4O3. The van der Waals surface area contributed by atoms with Crippen molar-refractivity contribution in [3.05, 3.63) is 70.6 Å². The average molecular weight is 389 g/mol. The second kappa shape index (κ2) is 10.3. The van der Waals surface area contributed by atoms with E-state index in [4.69, 9.17) is 11.6 Å². The number of hydrogen-bond acceptors (Lipinski definition) is 4. The Morgan fingerprint density at radius 3 is 2.37 bits per heavy atom. The zero-order valence-corrected chi connectivity index (χ0v) is 15.6. The Labute approximate surface area is 162 Å². The molecule has 2 aromatic rings. The van der Waals surface area contributed by atoms with Gasteiger partial charge in [-0.05, 0) is 24.6 Å². The molecule has 1 unspecified atom stereocenters. The normalized spacial score (nSPS) is 11.3. The highest BCUT2D eigenvalue weighted by Gasteiger charge is 2.24. The molecule has 0 saturated carbocycles. The quantitative estimate of drug-likeness (QED) is 0.412. The molecule has 3 amide bonds. The number of benzene rings is 2. The third kappa shape index (κ3) is 6.38. The van der Waals surface area contributed by atoms with E-state index < -0.39 is 18.0 Å². The predicted octanol–water partition coefficient (Wildman–Crippen LogP) is 3.48. The van der Waals surface area contributed by atoms with Crippen molar-refractivity contribution in [2.24, 2.45) is 5.29 Å². The number of rotatable bonds is 8. The molecule has 0 aliphatic carbocycles. The van der Waals surface area contributed by atoms with E-state index in [0.717, 1.165) is 11.1 Å². The van der Waals surface area contributed by atoms with Crippen molar-refractivity contribution in [3.8, 4) is 0 Å². The maximum Gasteiger partial charge on any atom is 0.341 e. The van der Waals surface area contributed by atoms with Crippen LogP contribution in [0.1, 0.15) is 11.1 Å². The van der Waals surface area contributed by atoms with Gasteiger partial charge in [0.2, 0.25) is 5.91 Å². The SMILES string of the molecule is Cc1ccc(NC(=O)C(Cc2ccccc2)NC(=O)N(CCCl)N=O)cc1. The molecule has 2 N–H and O–H groups in total. The minimum Gasteiger partial charge on any atom is -0.324 e. The highest BCUT2D eigenvalue weighted by Crippen LogP contribution is 2.11. The third-order valence-corrected chi connectivity index (χ3v) is 4.01. The van der Waals surface area contributed by atoms with Gasteiger partial charge in [0.15, 0.2) is 0 Å². The average Bonchev–Trinajstić information content (AvgIpc) is 2.68. The fourth-order valence-corrected chi connectivity index (χ4v) is 2.57. The number of amides is 3. The molecule has 0 aliphatic heterocycles. The van der Waals surface area contributed by atoms with Gasteiger partial charge in [-0.15, -0.1) is 16.5 Å². The Morgan fingerprint density at radius 2 is 1.78 bits per heavy atom. The zero-order chi connectivity index (χ0) is 19.6. The minimum absolute atomic E-state index is 0.0471. The van der Waals surface area contributed by atoms with Gasteiger partial charge in [0.25, 0.3) is 0 Å². The standard InChI is InChI=1S/C19H21ClN4O3/c1-14-7-9-16(10-8-14)21-18(25)17(13-15-5-3-2-4-6-15)22-19(26)24(23-27)12-11-20/h2-10,17H,11-13H2,1H3,(H,21,25)(H,22,26). The van der Waals surface area contributed by atoms with Gasteiger partial charge >= 0.3 is 6.03 Å². The molecular weight excluding hydrogens is 368 g/mol. The van der Waals surface area contributed by atoms with Crippen molar-refractivity contribution in [2.75, 3.05) is 17.7 Å². The zero-order valence-electron chi connectivity index (χ0n) is 14.9. The van der Waals surface area contributed by atoms with Gasteiger partial charge in [-0.3, -0.25) is 4.79 Å². The van der Waals surface area contributed by atoms with Crippen molar-refractivity contribution in [1.29, 1.82) is 0 Å². The van der Waals surface area contributed by atoms with E-state index in [-0.39, 0.29) is 18.8 Å². The second-order valence-corrected chi connectivity index (χ2v) is 6.32. The molecule has 0 heterocycles. The minimum atomic E-state index is -0.888. The Balaban J connectivity index is 2.14. The van der Waals surface area contributed by atoms with Crippen LogP contribution in [0.4, 0.5) is 10.5 Å². The van der Waals surface area contributed by atoms with Crippen LogP contribution in [0.25, 0.3) is 0 Å². The highest BCUT2D eigenvalue weighted by molar-refractivity contribution is 6.18. The lowest BCUT2D eigenvalue weighted by Crippen LogP contribution is -2.49. The summed E-state index contributed by atoms with van der Waals surface area (Å²) in [5.41, 5.74) is 2.55. The van der Waals surface area contributed by atoms with Crippen LogP contribution in [0.3, 0.4) is 0 Å². The predicted molar refractivity (Wildman–Crippen MR) is 105 cm³/mol. The van der Waals surface area contributed by atoms with Gasteiger partial charge in [0.1, 0.15) is 6.04 Å². The molecule has 0 radical (unpaired) electrons. The van der Waals surface area contributed by atoms with Gasteiger partial charge in [-0.25, -0.2) is 4.79 Å². The summed E-state index contributed by atoms with van der Waals surface area (Å²) in [6.45, 7) is 1.90. The molecule has 142 valence electrons. The number of alkyl halides is 1. The van der Waals surface area contributed by atoms with E-state index in [1.54, 1.807) is 12.1 Å². The van der Waals surface area contributed by atoms with Crippen LogP contribution in [-0.4, -0.2) is 35.4 Å². The van der Waals surface area contributed by atoms with Crippen molar-refractivity contribution < 1.29 is 9.59 Å². The summed E-state index contributed by atoms with van der Waals surface area (Å²) >= 11 is 5.57. The van der Waals surface area contributed by atoms with Gasteiger partial charge in [0, 0.05) is 18.0 Å². The molecule has 0 saturated heterocycles. The van der Waals surface area contributed by atoms with Crippen LogP contribution in [0.5, 0.6) is 0 Å². The monoisotopic (exact) mass is 388 g/mol. The largest absolute Gasteiger partial charge is 0.341 e. The summed E-state index contributed by atoms with van der Waals surface area (Å²) in [5.74, 6) is -0.342. The Hall–Kier alpha value is -2.93. The smallest absolute Gasteiger partial charge is 0.324 e. The molecule has 0 bridgehead atoms. The first-order valence-electron chi connectivity index (χ1n) is 8.42. The summed E-state index contributed by atoms with van der Waals surface area (Å²) in [6.07, 6.45) is 0.262. The summed E-state index contributed by atoms with van der Waals surface area (Å²) < 4.78 is 0. The fraction of sp³-hybridized carbons (Fsp3) is 0.263. The van der Waals surface area contributed by atoms with Crippen molar-refractivity contribution in [3.63, 3.8) is 0 Å². The summed E-state index contributed by atoms with van der Waals surface area (Å²) in [6, 6.07) is 14.9. The maximum absolute atomic E-state index is 12.7. The van der Waals surface area contributed by atoms with Gasteiger partial charge < -0.3 is 10.6 Å². The molecule has 0 spiro atoms. The second-order valence-electron chi connectivity index (χ2n) is 5.94. The molecule has 8 heteroatoms. The lowest BCUT2D eigenvalue weighted by molar-refractivity contribution is -0.118. The number of aryl methyl sites for hydroxylation is 1. The topological polar surface area (TPSA) is 90.9 Å². The lowest BCUT2D eigenvalue weighted by atomic mass is 10.1. The third-order valence-electron chi connectivity index (χ3n) is 3.85. The van der Waals surface area contributed by atoms with E-state index in [0.29, 0.717) is 10.7 Å². The van der Waals surface area contributed by atoms with Crippen LogP contribution >= 0.6 is 11.6 Å². The molecule has 0 aliphatic rings. The van der Waals surface area contributed by atoms with Crippen LogP contribution in [-0.2, 0) is 11.2 Å². The number of carbonyl (C=O) groups excluding carboxylic acids is 2. The van der Waals surface area contributed by atoms with Crippen LogP contribution in [0.2, 0.25) is 0 Å². The number of nitrogens with zero attached hydrogens (tertiary/aromatic N) is 2. The number of carbonyl (C=O) groups is 2. The number of nitrogens with one attached hydrogen (secondary N) is 2. The summed E-state index contributed by atoms with van der Waals surface area (Å²) in [4.78, 5) is 35.8. The van der Waals surface area contributed by atoms with Crippen LogP contribution in [0, 0.1) is 11.8 Å². The Bertz CT molecular complexity index is 768. The van der Waals surface area contributed by atoms with Crippen molar-refractivity contribution >= 4 is 29.2 Å². The van der Waals surface area contributed by atoms with E-state index >= 15 is 0 Å². The lowest BCUT2D eigenvalue weighted by Gasteiger charge is -2.21. The van der Waals surface area contributed by atoms with Gasteiger partial charge in [0.05, 0.1) is 11.8 Å². The van der Waals surface area contributed by atoms with Gasteiger partial charge in [-0.1, -0.05) is 48.0 Å². The van der Waals surface area contributed by atoms with Crippen molar-refractivity contribution in [1.82, 2.24) is 10.3 Å². The maximum atomic E-state index is 12.7. The molecule has 27 heavy (non-hydrogen) atoms. The Kier molecular flexibility index (Phi) is 7.76. The number of hydrogen-bond donors (Lipinski definition) is 2. The first kappa shape index (κ1) is 20.4. The van der Waals surface area contributed by atoms with E-state index in [9.17, 15) is 14.5 Å². The first-order valence-corrected chi connectivity index (χ1v) is 8.95. The van der Waals surface area contributed by atoms with Crippen molar-refractivity contribution in [2.45, 2.75) is 19.4 Å². The van der Waals surface area contributed by atoms with E-state index in [1.807, 2.05) is 49.4 Å². The van der Waals surface area contributed by atoms with Gasteiger partial charge in [-0.2, -0.15) is 5.01 Å². The number of halogens is 1. The highest BCUT2D eigenvalue weighted by atomic mass is 35.5. The molecule has 1 atom stereocenters. The molecule has 0 fully saturated rings. The van der Waals surface area contributed by atoms with E-state index in [1.165, 1.54) is 0 Å². The molecule has 2 aromatic carbocycles. The first-order chi connectivity index (χ1) is 13.0. The van der Waals surface area contributed by atoms with Crippen LogP contribution < -0.4 is 10.6 Å². The van der Waals surface area contributed by atoms with Crippen LogP contribution in [0.15, 0.2) is 59.9 Å². The summed E-state index contributed by atoms with van der Waals surface area (Å²) in [5, 5.41) is 8.63. The number of anilines is 1.